The van der Waals surface area contributed by atoms with Gasteiger partial charge in [0.2, 0.25) is 0 Å². The van der Waals surface area contributed by atoms with E-state index in [1.165, 1.54) is 23.2 Å². The van der Waals surface area contributed by atoms with Gasteiger partial charge in [0.15, 0.2) is 0 Å². The molecule has 0 saturated heterocycles. The second-order valence-electron chi connectivity index (χ2n) is 6.35. The first kappa shape index (κ1) is 12.9. The molecule has 0 radical (unpaired) electrons. The van der Waals surface area contributed by atoms with Crippen molar-refractivity contribution in [3.8, 4) is 0 Å². The third kappa shape index (κ3) is 2.06. The van der Waals surface area contributed by atoms with Crippen molar-refractivity contribution >= 4 is 5.69 Å². The Labute approximate surface area is 125 Å². The normalized spacial score (nSPS) is 27.4. The summed E-state index contributed by atoms with van der Waals surface area (Å²) in [7, 11) is 0. The van der Waals surface area contributed by atoms with E-state index in [-0.39, 0.29) is 6.04 Å². The highest BCUT2D eigenvalue weighted by molar-refractivity contribution is 5.58. The minimum Gasteiger partial charge on any atom is -0.383 e. The van der Waals surface area contributed by atoms with Crippen molar-refractivity contribution in [2.45, 2.75) is 43.7 Å². The van der Waals surface area contributed by atoms with Crippen LogP contribution in [0.4, 0.5) is 5.69 Å². The van der Waals surface area contributed by atoms with Crippen LogP contribution in [-0.2, 0) is 18.4 Å². The van der Waals surface area contributed by atoms with Crippen LogP contribution in [0.25, 0.3) is 0 Å². The number of hydrogen-bond acceptors (Lipinski definition) is 2. The fraction of sp³-hybridized carbons (Fsp3) is 0.368. The third-order valence-electron chi connectivity index (χ3n) is 5.09. The molecule has 108 valence electrons. The van der Waals surface area contributed by atoms with Gasteiger partial charge in [0, 0.05) is 5.69 Å². The van der Waals surface area contributed by atoms with Gasteiger partial charge in [-0.25, -0.2) is 0 Å². The van der Waals surface area contributed by atoms with E-state index in [1.807, 2.05) is 0 Å². The van der Waals surface area contributed by atoms with E-state index < -0.39 is 5.60 Å². The summed E-state index contributed by atoms with van der Waals surface area (Å²) in [6.45, 7) is 0. The van der Waals surface area contributed by atoms with E-state index in [0.717, 1.165) is 31.2 Å². The van der Waals surface area contributed by atoms with Crippen LogP contribution in [-0.4, -0.2) is 11.1 Å². The number of para-hydroxylation sites is 1. The zero-order chi connectivity index (χ0) is 14.3. The molecule has 4 rings (SSSR count). The second kappa shape index (κ2) is 4.88. The molecule has 21 heavy (non-hydrogen) atoms. The minimum absolute atomic E-state index is 0.0779. The molecule has 0 saturated carbocycles. The molecular weight excluding hydrogens is 258 g/mol. The average Bonchev–Trinajstić information content (AvgIpc) is 2.89. The molecule has 0 aromatic heterocycles. The molecule has 1 heterocycles. The van der Waals surface area contributed by atoms with E-state index in [1.54, 1.807) is 0 Å². The molecule has 0 amide bonds. The van der Waals surface area contributed by atoms with Crippen LogP contribution in [0, 0.1) is 0 Å². The summed E-state index contributed by atoms with van der Waals surface area (Å²) in [5, 5.41) is 15.1. The molecule has 2 N–H and O–H groups in total. The molecule has 2 aromatic rings. The van der Waals surface area contributed by atoms with Crippen LogP contribution in [0.5, 0.6) is 0 Å². The quantitative estimate of drug-likeness (QED) is 0.781. The van der Waals surface area contributed by atoms with Gasteiger partial charge in [0.1, 0.15) is 5.60 Å². The van der Waals surface area contributed by atoms with E-state index in [0.29, 0.717) is 0 Å². The molecule has 2 aliphatic rings. The number of anilines is 1. The van der Waals surface area contributed by atoms with Gasteiger partial charge in [-0.2, -0.15) is 0 Å². The van der Waals surface area contributed by atoms with Gasteiger partial charge in [-0.05, 0) is 54.9 Å². The highest BCUT2D eigenvalue weighted by Crippen LogP contribution is 2.42. The Morgan fingerprint density at radius 2 is 1.71 bits per heavy atom. The van der Waals surface area contributed by atoms with Crippen molar-refractivity contribution in [2.75, 3.05) is 5.32 Å². The standard InChI is InChI=1S/C19H21NO/c21-19(18-13-15-9-2-4-11-17(15)20-18)12-6-5-8-14-7-1-3-10-16(14)19/h1-4,7,9-11,18,20-21H,5-6,8,12-13H2. The number of hydrogen-bond donors (Lipinski definition) is 2. The number of benzene rings is 2. The van der Waals surface area contributed by atoms with Crippen LogP contribution >= 0.6 is 0 Å². The minimum atomic E-state index is -0.758. The lowest BCUT2D eigenvalue weighted by Crippen LogP contribution is -2.43. The topological polar surface area (TPSA) is 32.3 Å². The number of fused-ring (bicyclic) bond motifs is 2. The van der Waals surface area contributed by atoms with Crippen molar-refractivity contribution in [1.82, 2.24) is 0 Å². The number of aryl methyl sites for hydroxylation is 1. The molecule has 2 aromatic carbocycles. The first-order valence-corrected chi connectivity index (χ1v) is 7.92. The Hall–Kier alpha value is -1.80. The van der Waals surface area contributed by atoms with Crippen LogP contribution in [0.3, 0.4) is 0 Å². The summed E-state index contributed by atoms with van der Waals surface area (Å²) in [5.41, 5.74) is 4.19. The smallest absolute Gasteiger partial charge is 0.110 e. The zero-order valence-electron chi connectivity index (χ0n) is 12.2. The number of nitrogens with one attached hydrogen (secondary N) is 1. The van der Waals surface area contributed by atoms with Crippen molar-refractivity contribution in [1.29, 1.82) is 0 Å². The largest absolute Gasteiger partial charge is 0.383 e. The summed E-state index contributed by atoms with van der Waals surface area (Å²) in [6, 6.07) is 16.9. The molecule has 0 fully saturated rings. The highest BCUT2D eigenvalue weighted by Gasteiger charge is 2.43. The molecule has 1 aliphatic carbocycles. The van der Waals surface area contributed by atoms with Gasteiger partial charge >= 0.3 is 0 Å². The predicted octanol–water partition coefficient (Wildman–Crippen LogP) is 3.64. The monoisotopic (exact) mass is 279 g/mol. The molecule has 2 unspecified atom stereocenters. The van der Waals surface area contributed by atoms with Crippen molar-refractivity contribution in [3.05, 3.63) is 65.2 Å². The lowest BCUT2D eigenvalue weighted by molar-refractivity contribution is 0.00902. The fourth-order valence-corrected chi connectivity index (χ4v) is 3.95. The van der Waals surface area contributed by atoms with Gasteiger partial charge in [-0.15, -0.1) is 0 Å². The Kier molecular flexibility index (Phi) is 3.00. The summed E-state index contributed by atoms with van der Waals surface area (Å²) in [4.78, 5) is 0. The van der Waals surface area contributed by atoms with Crippen molar-refractivity contribution < 1.29 is 5.11 Å². The Bertz CT molecular complexity index is 641. The molecule has 2 heteroatoms. The molecule has 0 spiro atoms. The van der Waals surface area contributed by atoms with Crippen LogP contribution < -0.4 is 5.32 Å². The van der Waals surface area contributed by atoms with Crippen LogP contribution in [0.15, 0.2) is 48.5 Å². The molecule has 0 bridgehead atoms. The lowest BCUT2D eigenvalue weighted by atomic mass is 9.80. The third-order valence-corrected chi connectivity index (χ3v) is 5.09. The Morgan fingerprint density at radius 1 is 0.952 bits per heavy atom. The van der Waals surface area contributed by atoms with Crippen LogP contribution in [0.2, 0.25) is 0 Å². The maximum atomic E-state index is 11.5. The second-order valence-corrected chi connectivity index (χ2v) is 6.35. The van der Waals surface area contributed by atoms with Gasteiger partial charge in [-0.3, -0.25) is 0 Å². The molecular formula is C19H21NO. The first-order valence-electron chi connectivity index (χ1n) is 7.92. The van der Waals surface area contributed by atoms with Crippen molar-refractivity contribution in [3.63, 3.8) is 0 Å². The maximum Gasteiger partial charge on any atom is 0.110 e. The van der Waals surface area contributed by atoms with Crippen molar-refractivity contribution in [2.24, 2.45) is 0 Å². The fourth-order valence-electron chi connectivity index (χ4n) is 3.95. The SMILES string of the molecule is OC1(C2Cc3ccccc3N2)CCCCc2ccccc21. The highest BCUT2D eigenvalue weighted by atomic mass is 16.3. The van der Waals surface area contributed by atoms with E-state index in [4.69, 9.17) is 0 Å². The summed E-state index contributed by atoms with van der Waals surface area (Å²) >= 11 is 0. The van der Waals surface area contributed by atoms with Gasteiger partial charge in [0.05, 0.1) is 6.04 Å². The average molecular weight is 279 g/mol. The van der Waals surface area contributed by atoms with E-state index >= 15 is 0 Å². The number of rotatable bonds is 1. The van der Waals surface area contributed by atoms with Gasteiger partial charge < -0.3 is 10.4 Å². The summed E-state index contributed by atoms with van der Waals surface area (Å²) in [5.74, 6) is 0. The lowest BCUT2D eigenvalue weighted by Gasteiger charge is -2.35. The molecule has 2 nitrogen and oxygen atoms in total. The van der Waals surface area contributed by atoms with Gasteiger partial charge in [-0.1, -0.05) is 42.5 Å². The van der Waals surface area contributed by atoms with E-state index in [9.17, 15) is 5.11 Å². The Balaban J connectivity index is 1.74. The zero-order valence-corrected chi connectivity index (χ0v) is 12.2. The Morgan fingerprint density at radius 3 is 2.57 bits per heavy atom. The predicted molar refractivity (Wildman–Crippen MR) is 85.5 cm³/mol. The van der Waals surface area contributed by atoms with Crippen LogP contribution in [0.1, 0.15) is 36.0 Å². The maximum absolute atomic E-state index is 11.5. The summed E-state index contributed by atoms with van der Waals surface area (Å²) in [6.07, 6.45) is 5.08. The van der Waals surface area contributed by atoms with E-state index in [2.05, 4.69) is 53.8 Å². The molecule has 2 atom stereocenters. The first-order chi connectivity index (χ1) is 10.3. The summed E-state index contributed by atoms with van der Waals surface area (Å²) < 4.78 is 0. The number of aliphatic hydroxyl groups is 1. The van der Waals surface area contributed by atoms with Gasteiger partial charge in [0.25, 0.3) is 0 Å². The molecule has 1 aliphatic heterocycles.